The van der Waals surface area contributed by atoms with Gasteiger partial charge >= 0.3 is 0 Å². The van der Waals surface area contributed by atoms with Gasteiger partial charge in [-0.3, -0.25) is 10.2 Å². The average molecular weight is 185 g/mol. The van der Waals surface area contributed by atoms with E-state index in [2.05, 4.69) is 24.3 Å². The maximum absolute atomic E-state index is 10.9. The molecule has 1 aliphatic carbocycles. The predicted octanol–water partition coefficient (Wildman–Crippen LogP) is 0.0967. The van der Waals surface area contributed by atoms with E-state index in [9.17, 15) is 4.79 Å². The van der Waals surface area contributed by atoms with E-state index in [-0.39, 0.29) is 5.91 Å². The van der Waals surface area contributed by atoms with Gasteiger partial charge in [-0.2, -0.15) is 0 Å². The minimum Gasteiger partial charge on any atom is -0.303 e. The SMILES string of the molecule is CC(C1CC1)N(C)CCC(=O)NN. The molecule has 1 rings (SSSR count). The number of rotatable bonds is 5. The first-order valence-corrected chi connectivity index (χ1v) is 4.85. The highest BCUT2D eigenvalue weighted by atomic mass is 16.2. The Balaban J connectivity index is 2.15. The van der Waals surface area contributed by atoms with Crippen molar-refractivity contribution >= 4 is 5.91 Å². The van der Waals surface area contributed by atoms with Gasteiger partial charge in [0.2, 0.25) is 5.91 Å². The predicted molar refractivity (Wildman–Crippen MR) is 51.8 cm³/mol. The van der Waals surface area contributed by atoms with Gasteiger partial charge in [0.1, 0.15) is 0 Å². The number of hydrogen-bond donors (Lipinski definition) is 2. The summed E-state index contributed by atoms with van der Waals surface area (Å²) in [5.74, 6) is 5.75. The molecule has 13 heavy (non-hydrogen) atoms. The molecule has 4 nitrogen and oxygen atoms in total. The number of nitrogens with one attached hydrogen (secondary N) is 1. The summed E-state index contributed by atoms with van der Waals surface area (Å²) in [6, 6.07) is 0.602. The lowest BCUT2D eigenvalue weighted by Gasteiger charge is -2.23. The normalized spacial score (nSPS) is 18.8. The topological polar surface area (TPSA) is 58.4 Å². The first-order valence-electron chi connectivity index (χ1n) is 4.85. The van der Waals surface area contributed by atoms with Crippen molar-refractivity contribution in [1.82, 2.24) is 10.3 Å². The molecule has 0 aromatic carbocycles. The highest BCUT2D eigenvalue weighted by Crippen LogP contribution is 2.34. The Bertz CT molecular complexity index is 180. The zero-order chi connectivity index (χ0) is 9.84. The fraction of sp³-hybridized carbons (Fsp3) is 0.889. The third-order valence-electron chi connectivity index (χ3n) is 2.85. The second kappa shape index (κ2) is 4.58. The quantitative estimate of drug-likeness (QED) is 0.363. The van der Waals surface area contributed by atoms with Crippen molar-refractivity contribution < 1.29 is 4.79 Å². The lowest BCUT2D eigenvalue weighted by atomic mass is 10.2. The van der Waals surface area contributed by atoms with Gasteiger partial charge in [0.15, 0.2) is 0 Å². The first-order chi connectivity index (χ1) is 6.15. The van der Waals surface area contributed by atoms with E-state index in [4.69, 9.17) is 5.84 Å². The molecule has 1 amide bonds. The van der Waals surface area contributed by atoms with Gasteiger partial charge in [-0.15, -0.1) is 0 Å². The Morgan fingerprint density at radius 1 is 1.69 bits per heavy atom. The maximum Gasteiger partial charge on any atom is 0.235 e. The number of amides is 1. The Morgan fingerprint density at radius 2 is 2.31 bits per heavy atom. The van der Waals surface area contributed by atoms with Crippen LogP contribution in [0.1, 0.15) is 26.2 Å². The van der Waals surface area contributed by atoms with Crippen molar-refractivity contribution in [3.05, 3.63) is 0 Å². The molecule has 1 saturated carbocycles. The molecule has 4 heteroatoms. The summed E-state index contributed by atoms with van der Waals surface area (Å²) in [4.78, 5) is 13.1. The summed E-state index contributed by atoms with van der Waals surface area (Å²) in [7, 11) is 2.06. The molecule has 0 aromatic rings. The number of carbonyl (C=O) groups excluding carboxylic acids is 1. The van der Waals surface area contributed by atoms with Crippen LogP contribution in [0, 0.1) is 5.92 Å². The number of nitrogens with zero attached hydrogens (tertiary/aromatic N) is 1. The monoisotopic (exact) mass is 185 g/mol. The van der Waals surface area contributed by atoms with Crippen LogP contribution in [0.15, 0.2) is 0 Å². The van der Waals surface area contributed by atoms with Crippen molar-refractivity contribution in [3.8, 4) is 0 Å². The van der Waals surface area contributed by atoms with Crippen LogP contribution in [0.5, 0.6) is 0 Å². The van der Waals surface area contributed by atoms with Gasteiger partial charge in [0.25, 0.3) is 0 Å². The number of carbonyl (C=O) groups is 1. The molecule has 0 aromatic heterocycles. The number of hydrazine groups is 1. The highest BCUT2D eigenvalue weighted by molar-refractivity contribution is 5.75. The van der Waals surface area contributed by atoms with Crippen LogP contribution in [0.2, 0.25) is 0 Å². The van der Waals surface area contributed by atoms with E-state index in [1.165, 1.54) is 12.8 Å². The molecule has 0 saturated heterocycles. The van der Waals surface area contributed by atoms with Crippen LogP contribution in [-0.4, -0.2) is 30.4 Å². The van der Waals surface area contributed by atoms with Crippen LogP contribution in [-0.2, 0) is 4.79 Å². The molecule has 0 radical (unpaired) electrons. The van der Waals surface area contributed by atoms with Gasteiger partial charge in [0, 0.05) is 19.0 Å². The van der Waals surface area contributed by atoms with Crippen LogP contribution < -0.4 is 11.3 Å². The molecule has 1 aliphatic rings. The van der Waals surface area contributed by atoms with Crippen molar-refractivity contribution in [2.45, 2.75) is 32.2 Å². The van der Waals surface area contributed by atoms with Gasteiger partial charge in [0.05, 0.1) is 0 Å². The zero-order valence-electron chi connectivity index (χ0n) is 8.42. The number of hydrogen-bond acceptors (Lipinski definition) is 3. The Kier molecular flexibility index (Phi) is 3.69. The molecule has 1 unspecified atom stereocenters. The minimum absolute atomic E-state index is 0.0881. The Hall–Kier alpha value is -0.610. The van der Waals surface area contributed by atoms with Crippen molar-refractivity contribution in [1.29, 1.82) is 0 Å². The largest absolute Gasteiger partial charge is 0.303 e. The fourth-order valence-electron chi connectivity index (χ4n) is 1.49. The van der Waals surface area contributed by atoms with E-state index in [0.29, 0.717) is 12.5 Å². The van der Waals surface area contributed by atoms with E-state index in [1.807, 2.05) is 0 Å². The second-order valence-corrected chi connectivity index (χ2v) is 3.88. The van der Waals surface area contributed by atoms with Crippen LogP contribution >= 0.6 is 0 Å². The minimum atomic E-state index is -0.0881. The maximum atomic E-state index is 10.9. The summed E-state index contributed by atoms with van der Waals surface area (Å²) < 4.78 is 0. The summed E-state index contributed by atoms with van der Waals surface area (Å²) in [6.07, 6.45) is 3.17. The number of nitrogens with two attached hydrogens (primary N) is 1. The molecule has 76 valence electrons. The fourth-order valence-corrected chi connectivity index (χ4v) is 1.49. The average Bonchev–Trinajstić information content (AvgIpc) is 2.95. The van der Waals surface area contributed by atoms with Gasteiger partial charge in [-0.25, -0.2) is 5.84 Å². The third-order valence-corrected chi connectivity index (χ3v) is 2.85. The molecule has 1 atom stereocenters. The lowest BCUT2D eigenvalue weighted by molar-refractivity contribution is -0.121. The van der Waals surface area contributed by atoms with Gasteiger partial charge in [-0.1, -0.05) is 0 Å². The van der Waals surface area contributed by atoms with Crippen molar-refractivity contribution in [2.75, 3.05) is 13.6 Å². The first kappa shape index (κ1) is 10.5. The summed E-state index contributed by atoms with van der Waals surface area (Å²) in [5.41, 5.74) is 2.14. The third kappa shape index (κ3) is 3.32. The van der Waals surface area contributed by atoms with Gasteiger partial charge in [-0.05, 0) is 32.7 Å². The molecular weight excluding hydrogens is 166 g/mol. The van der Waals surface area contributed by atoms with E-state index >= 15 is 0 Å². The van der Waals surface area contributed by atoms with Crippen molar-refractivity contribution in [2.24, 2.45) is 11.8 Å². The zero-order valence-corrected chi connectivity index (χ0v) is 8.42. The van der Waals surface area contributed by atoms with Gasteiger partial charge < -0.3 is 4.90 Å². The van der Waals surface area contributed by atoms with Crippen LogP contribution in [0.25, 0.3) is 0 Å². The van der Waals surface area contributed by atoms with E-state index in [0.717, 1.165) is 12.5 Å². The highest BCUT2D eigenvalue weighted by Gasteiger charge is 2.30. The summed E-state index contributed by atoms with van der Waals surface area (Å²) in [6.45, 7) is 3.01. The smallest absolute Gasteiger partial charge is 0.235 e. The Labute approximate surface area is 79.4 Å². The molecular formula is C9H19N3O. The molecule has 0 heterocycles. The van der Waals surface area contributed by atoms with Crippen molar-refractivity contribution in [3.63, 3.8) is 0 Å². The molecule has 0 bridgehead atoms. The molecule has 0 spiro atoms. The van der Waals surface area contributed by atoms with Crippen LogP contribution in [0.3, 0.4) is 0 Å². The van der Waals surface area contributed by atoms with E-state index in [1.54, 1.807) is 0 Å². The van der Waals surface area contributed by atoms with E-state index < -0.39 is 0 Å². The second-order valence-electron chi connectivity index (χ2n) is 3.88. The molecule has 1 fully saturated rings. The summed E-state index contributed by atoms with van der Waals surface area (Å²) >= 11 is 0. The summed E-state index contributed by atoms with van der Waals surface area (Å²) in [5, 5.41) is 0. The lowest BCUT2D eigenvalue weighted by Crippen LogP contribution is -2.36. The standard InChI is InChI=1S/C9H19N3O/c1-7(8-3-4-8)12(2)6-5-9(13)11-10/h7-8H,3-6,10H2,1-2H3,(H,11,13). The molecule has 3 N–H and O–H groups in total. The Morgan fingerprint density at radius 3 is 2.77 bits per heavy atom. The molecule has 0 aliphatic heterocycles. The van der Waals surface area contributed by atoms with Crippen LogP contribution in [0.4, 0.5) is 0 Å².